The van der Waals surface area contributed by atoms with E-state index < -0.39 is 5.82 Å². The van der Waals surface area contributed by atoms with Crippen LogP contribution in [-0.4, -0.2) is 18.3 Å². The van der Waals surface area contributed by atoms with Crippen LogP contribution in [0.4, 0.5) is 8.78 Å². The second kappa shape index (κ2) is 6.21. The molecule has 0 radical (unpaired) electrons. The van der Waals surface area contributed by atoms with Crippen molar-refractivity contribution in [3.63, 3.8) is 0 Å². The number of rotatable bonds is 5. The Morgan fingerprint density at radius 2 is 2.06 bits per heavy atom. The molecule has 16 heavy (non-hydrogen) atoms. The van der Waals surface area contributed by atoms with Crippen molar-refractivity contribution in [2.45, 2.75) is 36.5 Å². The highest BCUT2D eigenvalue weighted by Crippen LogP contribution is 2.28. The summed E-state index contributed by atoms with van der Waals surface area (Å²) in [4.78, 5) is 0.376. The third-order valence-electron chi connectivity index (χ3n) is 2.58. The van der Waals surface area contributed by atoms with Crippen molar-refractivity contribution in [3.05, 3.63) is 29.8 Å². The summed E-state index contributed by atoms with van der Waals surface area (Å²) < 4.78 is 26.4. The molecule has 90 valence electrons. The number of hydrogen-bond acceptors (Lipinski definition) is 2. The monoisotopic (exact) mass is 245 g/mol. The highest BCUT2D eigenvalue weighted by molar-refractivity contribution is 8.00. The van der Waals surface area contributed by atoms with Crippen LogP contribution in [0.3, 0.4) is 0 Å². The van der Waals surface area contributed by atoms with E-state index in [0.717, 1.165) is 12.5 Å². The molecule has 4 heteroatoms. The van der Waals surface area contributed by atoms with E-state index in [1.807, 2.05) is 14.0 Å². The van der Waals surface area contributed by atoms with E-state index in [-0.39, 0.29) is 11.1 Å². The number of halogens is 2. The lowest BCUT2D eigenvalue weighted by molar-refractivity contribution is 0.538. The first-order valence-electron chi connectivity index (χ1n) is 5.37. The number of thioether (sulfide) groups is 1. The summed E-state index contributed by atoms with van der Waals surface area (Å²) in [6.07, 6.45) is 0.960. The molecule has 2 atom stereocenters. The lowest BCUT2D eigenvalue weighted by Gasteiger charge is -2.21. The number of hydrogen-bond donors (Lipinski definition) is 1. The summed E-state index contributed by atoms with van der Waals surface area (Å²) in [6, 6.07) is 3.86. The van der Waals surface area contributed by atoms with Gasteiger partial charge in [-0.25, -0.2) is 8.78 Å². The normalized spacial score (nSPS) is 14.8. The zero-order valence-electron chi connectivity index (χ0n) is 9.76. The first-order valence-corrected chi connectivity index (χ1v) is 6.25. The molecule has 1 nitrogen and oxygen atoms in total. The molecule has 0 saturated heterocycles. The van der Waals surface area contributed by atoms with E-state index in [2.05, 4.69) is 12.2 Å². The molecule has 0 bridgehead atoms. The predicted molar refractivity (Wildman–Crippen MR) is 64.8 cm³/mol. The van der Waals surface area contributed by atoms with Crippen molar-refractivity contribution in [1.82, 2.24) is 5.32 Å². The summed E-state index contributed by atoms with van der Waals surface area (Å²) in [5.74, 6) is -0.752. The van der Waals surface area contributed by atoms with Gasteiger partial charge in [0, 0.05) is 16.2 Å². The third-order valence-corrected chi connectivity index (χ3v) is 3.85. The first-order chi connectivity index (χ1) is 7.58. The van der Waals surface area contributed by atoms with E-state index in [0.29, 0.717) is 10.9 Å². The molecule has 2 unspecified atom stereocenters. The van der Waals surface area contributed by atoms with E-state index in [4.69, 9.17) is 0 Å². The molecule has 1 aromatic carbocycles. The molecule has 0 aliphatic carbocycles. The molecule has 1 N–H and O–H groups in total. The molecule has 0 heterocycles. The van der Waals surface area contributed by atoms with Crippen molar-refractivity contribution < 1.29 is 8.78 Å². The van der Waals surface area contributed by atoms with Gasteiger partial charge in [-0.15, -0.1) is 11.8 Å². The second-order valence-electron chi connectivity index (χ2n) is 3.70. The fourth-order valence-corrected chi connectivity index (χ4v) is 2.88. The summed E-state index contributed by atoms with van der Waals surface area (Å²) in [5.41, 5.74) is 0. The van der Waals surface area contributed by atoms with Crippen LogP contribution in [0.25, 0.3) is 0 Å². The summed E-state index contributed by atoms with van der Waals surface area (Å²) in [5, 5.41) is 3.37. The fraction of sp³-hybridized carbons (Fsp3) is 0.500. The maximum atomic E-state index is 13.4. The highest BCUT2D eigenvalue weighted by Gasteiger charge is 2.16. The molecule has 0 aromatic heterocycles. The molecule has 0 aliphatic heterocycles. The molecule has 1 aromatic rings. The first kappa shape index (κ1) is 13.5. The van der Waals surface area contributed by atoms with E-state index in [1.54, 1.807) is 0 Å². The van der Waals surface area contributed by atoms with E-state index in [9.17, 15) is 8.78 Å². The summed E-state index contributed by atoms with van der Waals surface area (Å²) in [6.45, 7) is 4.08. The van der Waals surface area contributed by atoms with Crippen molar-refractivity contribution >= 4 is 11.8 Å². The average Bonchev–Trinajstić information content (AvgIpc) is 2.25. The minimum absolute atomic E-state index is 0.200. The Balaban J connectivity index is 2.75. The van der Waals surface area contributed by atoms with Crippen LogP contribution in [0, 0.1) is 11.6 Å². The Labute approximate surface area is 99.6 Å². The highest BCUT2D eigenvalue weighted by atomic mass is 32.2. The van der Waals surface area contributed by atoms with Gasteiger partial charge < -0.3 is 5.32 Å². The van der Waals surface area contributed by atoms with Crippen LogP contribution < -0.4 is 5.32 Å². The van der Waals surface area contributed by atoms with Gasteiger partial charge in [-0.2, -0.15) is 0 Å². The van der Waals surface area contributed by atoms with Crippen LogP contribution >= 0.6 is 11.8 Å². The topological polar surface area (TPSA) is 12.0 Å². The quantitative estimate of drug-likeness (QED) is 0.797. The van der Waals surface area contributed by atoms with Crippen molar-refractivity contribution in [2.75, 3.05) is 7.05 Å². The summed E-state index contributed by atoms with van der Waals surface area (Å²) >= 11 is 1.36. The molecule has 0 aliphatic rings. The third kappa shape index (κ3) is 3.46. The van der Waals surface area contributed by atoms with Crippen LogP contribution in [0.15, 0.2) is 23.1 Å². The van der Waals surface area contributed by atoms with Crippen molar-refractivity contribution in [1.29, 1.82) is 0 Å². The average molecular weight is 245 g/mol. The molecule has 0 fully saturated rings. The van der Waals surface area contributed by atoms with Gasteiger partial charge in [-0.3, -0.25) is 0 Å². The Bertz CT molecular complexity index is 340. The van der Waals surface area contributed by atoms with Gasteiger partial charge in [-0.1, -0.05) is 13.8 Å². The number of benzene rings is 1. The van der Waals surface area contributed by atoms with Crippen LogP contribution in [0.5, 0.6) is 0 Å². The Kier molecular flexibility index (Phi) is 5.22. The number of nitrogens with one attached hydrogen (secondary N) is 1. The van der Waals surface area contributed by atoms with Gasteiger partial charge in [0.2, 0.25) is 0 Å². The lowest BCUT2D eigenvalue weighted by Crippen LogP contribution is -2.33. The van der Waals surface area contributed by atoms with Crippen molar-refractivity contribution in [3.8, 4) is 0 Å². The van der Waals surface area contributed by atoms with Gasteiger partial charge in [-0.05, 0) is 31.7 Å². The summed E-state index contributed by atoms with van der Waals surface area (Å²) in [7, 11) is 1.88. The molecular weight excluding hydrogens is 228 g/mol. The van der Waals surface area contributed by atoms with Gasteiger partial charge in [0.05, 0.1) is 0 Å². The molecule has 1 rings (SSSR count). The Morgan fingerprint density at radius 1 is 1.38 bits per heavy atom. The smallest absolute Gasteiger partial charge is 0.136 e. The van der Waals surface area contributed by atoms with Gasteiger partial charge in [0.1, 0.15) is 11.6 Å². The largest absolute Gasteiger partial charge is 0.316 e. The zero-order chi connectivity index (χ0) is 12.1. The predicted octanol–water partition coefficient (Wildman–Crippen LogP) is 3.44. The van der Waals surface area contributed by atoms with E-state index in [1.165, 1.54) is 23.9 Å². The maximum Gasteiger partial charge on any atom is 0.136 e. The van der Waals surface area contributed by atoms with Crippen molar-refractivity contribution in [2.24, 2.45) is 0 Å². The van der Waals surface area contributed by atoms with Crippen LogP contribution in [0.1, 0.15) is 20.3 Å². The van der Waals surface area contributed by atoms with E-state index >= 15 is 0 Å². The van der Waals surface area contributed by atoms with Crippen LogP contribution in [0.2, 0.25) is 0 Å². The Hall–Kier alpha value is -0.610. The Morgan fingerprint density at radius 3 is 2.62 bits per heavy atom. The lowest BCUT2D eigenvalue weighted by atomic mass is 10.2. The zero-order valence-corrected chi connectivity index (χ0v) is 10.6. The standard InChI is InChI=1S/C12H17F2NS/c1-4-11(15-3)8(2)16-12-7-9(13)5-6-10(12)14/h5-8,11,15H,4H2,1-3H3. The van der Waals surface area contributed by atoms with Gasteiger partial charge >= 0.3 is 0 Å². The van der Waals surface area contributed by atoms with Gasteiger partial charge in [0.25, 0.3) is 0 Å². The molecule has 0 spiro atoms. The molecule has 0 amide bonds. The maximum absolute atomic E-state index is 13.4. The van der Waals surface area contributed by atoms with Gasteiger partial charge in [0.15, 0.2) is 0 Å². The SMILES string of the molecule is CCC(NC)C(C)Sc1cc(F)ccc1F. The van der Waals surface area contributed by atoms with Crippen LogP contribution in [-0.2, 0) is 0 Å². The minimum Gasteiger partial charge on any atom is -0.316 e. The molecule has 0 saturated carbocycles. The minimum atomic E-state index is -0.395. The molecular formula is C12H17F2NS. The fourth-order valence-electron chi connectivity index (χ4n) is 1.62. The second-order valence-corrected chi connectivity index (χ2v) is 5.12.